The number of pyridine rings is 1. The lowest BCUT2D eigenvalue weighted by Gasteiger charge is -2.17. The lowest BCUT2D eigenvalue weighted by atomic mass is 10.0. The second-order valence-corrected chi connectivity index (χ2v) is 6.46. The molecule has 3 nitrogen and oxygen atoms in total. The first-order valence-corrected chi connectivity index (χ1v) is 8.56. The van der Waals surface area contributed by atoms with Crippen LogP contribution in [-0.2, 0) is 0 Å². The molecule has 1 aliphatic heterocycles. The second kappa shape index (κ2) is 6.25. The number of carbonyl (C=O) groups excluding carboxylic acids is 1. The predicted octanol–water partition coefficient (Wildman–Crippen LogP) is 4.79. The molecule has 120 valence electrons. The molecule has 0 radical (unpaired) electrons. The van der Waals surface area contributed by atoms with Crippen LogP contribution in [0.5, 0.6) is 0 Å². The van der Waals surface area contributed by atoms with Gasteiger partial charge in [-0.05, 0) is 31.0 Å². The highest BCUT2D eigenvalue weighted by molar-refractivity contribution is 6.33. The summed E-state index contributed by atoms with van der Waals surface area (Å²) >= 11 is 6.33. The maximum absolute atomic E-state index is 13.0. The number of halogens is 1. The van der Waals surface area contributed by atoms with Gasteiger partial charge in [-0.15, -0.1) is 0 Å². The van der Waals surface area contributed by atoms with Gasteiger partial charge >= 0.3 is 0 Å². The standard InChI is InChI=1S/C20H17ClN2O/c21-17-9-3-1-8-15(17)19-13-16(20(24)23-11-5-6-12-23)14-7-2-4-10-18(14)22-19/h1-4,7-10,13H,5-6,11-12H2. The van der Waals surface area contributed by atoms with Crippen molar-refractivity contribution < 1.29 is 4.79 Å². The zero-order valence-electron chi connectivity index (χ0n) is 13.2. The molecule has 2 aromatic carbocycles. The van der Waals surface area contributed by atoms with Gasteiger partial charge in [0.2, 0.25) is 0 Å². The molecule has 1 amide bonds. The highest BCUT2D eigenvalue weighted by atomic mass is 35.5. The Morgan fingerprint density at radius 1 is 1.00 bits per heavy atom. The van der Waals surface area contributed by atoms with Crippen molar-refractivity contribution in [3.8, 4) is 11.3 Å². The van der Waals surface area contributed by atoms with Crippen LogP contribution in [0.15, 0.2) is 54.6 Å². The van der Waals surface area contributed by atoms with Gasteiger partial charge in [-0.25, -0.2) is 4.98 Å². The molecule has 1 saturated heterocycles. The molecule has 1 aromatic heterocycles. The van der Waals surface area contributed by atoms with Crippen molar-refractivity contribution in [2.24, 2.45) is 0 Å². The number of hydrogen-bond donors (Lipinski definition) is 0. The summed E-state index contributed by atoms with van der Waals surface area (Å²) in [5.41, 5.74) is 3.11. The zero-order chi connectivity index (χ0) is 16.5. The molecule has 4 rings (SSSR count). The van der Waals surface area contributed by atoms with Gasteiger partial charge in [0.15, 0.2) is 0 Å². The number of hydrogen-bond acceptors (Lipinski definition) is 2. The van der Waals surface area contributed by atoms with E-state index in [0.29, 0.717) is 10.6 Å². The zero-order valence-corrected chi connectivity index (χ0v) is 14.0. The van der Waals surface area contributed by atoms with Crippen LogP contribution in [0.4, 0.5) is 0 Å². The van der Waals surface area contributed by atoms with E-state index in [1.54, 1.807) is 0 Å². The van der Waals surface area contributed by atoms with Crippen molar-refractivity contribution in [1.82, 2.24) is 9.88 Å². The van der Waals surface area contributed by atoms with E-state index in [-0.39, 0.29) is 5.91 Å². The molecular weight excluding hydrogens is 320 g/mol. The largest absolute Gasteiger partial charge is 0.339 e. The average Bonchev–Trinajstić information content (AvgIpc) is 3.15. The molecule has 1 aliphatic rings. The van der Waals surface area contributed by atoms with Crippen LogP contribution in [0, 0.1) is 0 Å². The van der Waals surface area contributed by atoms with Crippen molar-refractivity contribution >= 4 is 28.4 Å². The van der Waals surface area contributed by atoms with Gasteiger partial charge < -0.3 is 4.90 Å². The van der Waals surface area contributed by atoms with Crippen molar-refractivity contribution in [3.63, 3.8) is 0 Å². The molecule has 0 N–H and O–H groups in total. The van der Waals surface area contributed by atoms with E-state index < -0.39 is 0 Å². The lowest BCUT2D eigenvalue weighted by molar-refractivity contribution is 0.0794. The average molecular weight is 337 g/mol. The topological polar surface area (TPSA) is 33.2 Å². The van der Waals surface area contributed by atoms with Crippen molar-refractivity contribution in [2.45, 2.75) is 12.8 Å². The molecule has 3 aromatic rings. The Bertz CT molecular complexity index is 916. The van der Waals surface area contributed by atoms with Crippen LogP contribution in [-0.4, -0.2) is 28.9 Å². The summed E-state index contributed by atoms with van der Waals surface area (Å²) in [6, 6.07) is 17.3. The van der Waals surface area contributed by atoms with Crippen molar-refractivity contribution in [1.29, 1.82) is 0 Å². The summed E-state index contributed by atoms with van der Waals surface area (Å²) < 4.78 is 0. The number of nitrogens with zero attached hydrogens (tertiary/aromatic N) is 2. The minimum atomic E-state index is 0.0828. The van der Waals surface area contributed by atoms with E-state index in [1.165, 1.54) is 0 Å². The van der Waals surface area contributed by atoms with Crippen LogP contribution < -0.4 is 0 Å². The van der Waals surface area contributed by atoms with Gasteiger partial charge in [-0.2, -0.15) is 0 Å². The van der Waals surface area contributed by atoms with E-state index in [1.807, 2.05) is 59.5 Å². The Balaban J connectivity index is 1.91. The number of para-hydroxylation sites is 1. The quantitative estimate of drug-likeness (QED) is 0.674. The van der Waals surface area contributed by atoms with Crippen molar-refractivity contribution in [3.05, 3.63) is 65.2 Å². The molecule has 0 bridgehead atoms. The summed E-state index contributed by atoms with van der Waals surface area (Å²) in [6.45, 7) is 1.66. The highest BCUT2D eigenvalue weighted by Gasteiger charge is 2.22. The Kier molecular flexibility index (Phi) is 3.95. The number of benzene rings is 2. The fraction of sp³-hybridized carbons (Fsp3) is 0.200. The number of likely N-dealkylation sites (tertiary alicyclic amines) is 1. The Hall–Kier alpha value is -2.39. The van der Waals surface area contributed by atoms with Crippen molar-refractivity contribution in [2.75, 3.05) is 13.1 Å². The van der Waals surface area contributed by atoms with E-state index in [4.69, 9.17) is 16.6 Å². The number of rotatable bonds is 2. The van der Waals surface area contributed by atoms with Crippen LogP contribution in [0.25, 0.3) is 22.2 Å². The molecule has 24 heavy (non-hydrogen) atoms. The third-order valence-electron chi connectivity index (χ3n) is 4.49. The Morgan fingerprint density at radius 3 is 2.50 bits per heavy atom. The van der Waals surface area contributed by atoms with Crippen LogP contribution in [0.1, 0.15) is 23.2 Å². The summed E-state index contributed by atoms with van der Waals surface area (Å²) in [7, 11) is 0. The number of fused-ring (bicyclic) bond motifs is 1. The van der Waals surface area contributed by atoms with Crippen LogP contribution >= 0.6 is 11.6 Å². The summed E-state index contributed by atoms with van der Waals surface area (Å²) in [5, 5.41) is 1.53. The fourth-order valence-electron chi connectivity index (χ4n) is 3.25. The highest BCUT2D eigenvalue weighted by Crippen LogP contribution is 2.30. The minimum Gasteiger partial charge on any atom is -0.339 e. The van der Waals surface area contributed by atoms with E-state index in [2.05, 4.69) is 0 Å². The van der Waals surface area contributed by atoms with Gasteiger partial charge in [-0.3, -0.25) is 4.79 Å². The summed E-state index contributed by atoms with van der Waals surface area (Å²) in [4.78, 5) is 19.6. The second-order valence-electron chi connectivity index (χ2n) is 6.05. The van der Waals surface area contributed by atoms with Gasteiger partial charge in [0.25, 0.3) is 5.91 Å². The maximum Gasteiger partial charge on any atom is 0.254 e. The Morgan fingerprint density at radius 2 is 1.71 bits per heavy atom. The van der Waals surface area contributed by atoms with Gasteiger partial charge in [0.05, 0.1) is 16.8 Å². The fourth-order valence-corrected chi connectivity index (χ4v) is 3.48. The first kappa shape index (κ1) is 15.2. The Labute approximate surface area is 145 Å². The molecular formula is C20H17ClN2O. The molecule has 0 spiro atoms. The predicted molar refractivity (Wildman–Crippen MR) is 97.3 cm³/mol. The molecule has 0 aliphatic carbocycles. The molecule has 2 heterocycles. The maximum atomic E-state index is 13.0. The van der Waals surface area contributed by atoms with Crippen LogP contribution in [0.2, 0.25) is 5.02 Å². The summed E-state index contributed by atoms with van der Waals surface area (Å²) in [5.74, 6) is 0.0828. The molecule has 0 atom stereocenters. The lowest BCUT2D eigenvalue weighted by Crippen LogP contribution is -2.27. The first-order valence-electron chi connectivity index (χ1n) is 8.18. The van der Waals surface area contributed by atoms with Gasteiger partial charge in [-0.1, -0.05) is 48.0 Å². The number of aromatic nitrogens is 1. The van der Waals surface area contributed by atoms with Gasteiger partial charge in [0.1, 0.15) is 0 Å². The van der Waals surface area contributed by atoms with E-state index >= 15 is 0 Å². The van der Waals surface area contributed by atoms with Crippen LogP contribution in [0.3, 0.4) is 0 Å². The third kappa shape index (κ3) is 2.65. The third-order valence-corrected chi connectivity index (χ3v) is 4.82. The van der Waals surface area contributed by atoms with E-state index in [9.17, 15) is 4.79 Å². The number of carbonyl (C=O) groups is 1. The smallest absolute Gasteiger partial charge is 0.254 e. The monoisotopic (exact) mass is 336 g/mol. The first-order chi connectivity index (χ1) is 11.7. The number of amides is 1. The SMILES string of the molecule is O=C(c1cc(-c2ccccc2Cl)nc2ccccc12)N1CCCC1. The molecule has 4 heteroatoms. The molecule has 1 fully saturated rings. The van der Waals surface area contributed by atoms with E-state index in [0.717, 1.165) is 48.1 Å². The summed E-state index contributed by atoms with van der Waals surface area (Å²) in [6.07, 6.45) is 2.15. The minimum absolute atomic E-state index is 0.0828. The normalized spacial score (nSPS) is 14.3. The van der Waals surface area contributed by atoms with Gasteiger partial charge in [0, 0.05) is 29.1 Å². The molecule has 0 saturated carbocycles. The molecule has 0 unspecified atom stereocenters.